The number of hydrogen-bond acceptors (Lipinski definition) is 6. The Bertz CT molecular complexity index is 1150. The first kappa shape index (κ1) is 17.1. The lowest BCUT2D eigenvalue weighted by Gasteiger charge is -2.19. The largest absolute Gasteiger partial charge is 0.390 e. The summed E-state index contributed by atoms with van der Waals surface area (Å²) in [5.74, 6) is 0.505. The molecule has 1 aliphatic carbocycles. The summed E-state index contributed by atoms with van der Waals surface area (Å²) in [5.41, 5.74) is 2.51. The van der Waals surface area contributed by atoms with Gasteiger partial charge in [0.05, 0.1) is 17.8 Å². The molecule has 4 atom stereocenters. The Kier molecular flexibility index (Phi) is 3.99. The fourth-order valence-corrected chi connectivity index (χ4v) is 3.94. The van der Waals surface area contributed by atoms with E-state index >= 15 is 0 Å². The molecule has 7 nitrogen and oxygen atoms in total. The molecule has 1 aliphatic rings. The minimum Gasteiger partial charge on any atom is -0.390 e. The van der Waals surface area contributed by atoms with Gasteiger partial charge in [-0.25, -0.2) is 4.98 Å². The van der Waals surface area contributed by atoms with E-state index < -0.39 is 12.2 Å². The summed E-state index contributed by atoms with van der Waals surface area (Å²) in [6.07, 6.45) is 4.20. The van der Waals surface area contributed by atoms with E-state index in [9.17, 15) is 10.2 Å². The molecule has 0 aliphatic heterocycles. The van der Waals surface area contributed by atoms with E-state index in [0.29, 0.717) is 17.9 Å². The number of fused-ring (bicyclic) bond motifs is 2. The summed E-state index contributed by atoms with van der Waals surface area (Å²) in [6.45, 7) is 3.91. The van der Waals surface area contributed by atoms with Crippen molar-refractivity contribution in [3.8, 4) is 11.3 Å². The second kappa shape index (κ2) is 6.54. The summed E-state index contributed by atoms with van der Waals surface area (Å²) in [7, 11) is 0. The van der Waals surface area contributed by atoms with Crippen LogP contribution >= 0.6 is 0 Å². The monoisotopic (exact) mass is 374 g/mol. The summed E-state index contributed by atoms with van der Waals surface area (Å²) in [4.78, 5) is 8.60. The second-order valence-corrected chi connectivity index (χ2v) is 7.26. The summed E-state index contributed by atoms with van der Waals surface area (Å²) < 4.78 is 1.73. The Morgan fingerprint density at radius 3 is 2.82 bits per heavy atom. The zero-order chi connectivity index (χ0) is 19.3. The van der Waals surface area contributed by atoms with Gasteiger partial charge in [0, 0.05) is 35.6 Å². The van der Waals surface area contributed by atoms with Gasteiger partial charge in [0.15, 0.2) is 5.65 Å². The molecule has 28 heavy (non-hydrogen) atoms. The normalized spacial score (nSPS) is 24.8. The number of rotatable bonds is 3. The van der Waals surface area contributed by atoms with Gasteiger partial charge in [-0.15, -0.1) is 0 Å². The zero-order valence-electron chi connectivity index (χ0n) is 15.1. The van der Waals surface area contributed by atoms with Crippen molar-refractivity contribution in [1.82, 2.24) is 19.6 Å². The highest BCUT2D eigenvalue weighted by Crippen LogP contribution is 2.30. The number of pyridine rings is 1. The van der Waals surface area contributed by atoms with Crippen LogP contribution in [0.3, 0.4) is 0 Å². The van der Waals surface area contributed by atoms with Crippen LogP contribution in [0.25, 0.3) is 27.7 Å². The Labute approximate surface area is 161 Å². The summed E-state index contributed by atoms with van der Waals surface area (Å²) in [6, 6.07) is 11.5. The van der Waals surface area contributed by atoms with Gasteiger partial charge in [-0.2, -0.15) is 9.61 Å². The number of hydrogen-bond donors (Lipinski definition) is 3. The van der Waals surface area contributed by atoms with Gasteiger partial charge >= 0.3 is 0 Å². The van der Waals surface area contributed by atoms with Crippen LogP contribution in [-0.4, -0.2) is 48.0 Å². The van der Waals surface area contributed by atoms with Gasteiger partial charge in [0.2, 0.25) is 0 Å². The molecule has 7 heteroatoms. The average Bonchev–Trinajstić information content (AvgIpc) is 3.25. The maximum absolute atomic E-state index is 10.3. The van der Waals surface area contributed by atoms with E-state index in [1.807, 2.05) is 42.6 Å². The molecule has 3 N–H and O–H groups in total. The topological polar surface area (TPSA) is 95.6 Å². The van der Waals surface area contributed by atoms with Crippen molar-refractivity contribution in [2.75, 3.05) is 5.32 Å². The highest BCUT2D eigenvalue weighted by molar-refractivity contribution is 5.95. The van der Waals surface area contributed by atoms with E-state index in [0.717, 1.165) is 22.0 Å². The molecule has 1 saturated carbocycles. The van der Waals surface area contributed by atoms with Gasteiger partial charge in [0.1, 0.15) is 11.9 Å². The Morgan fingerprint density at radius 1 is 1.11 bits per heavy atom. The first-order valence-electron chi connectivity index (χ1n) is 9.25. The lowest BCUT2D eigenvalue weighted by Crippen LogP contribution is -2.35. The molecule has 0 bridgehead atoms. The molecule has 3 aromatic heterocycles. The molecule has 0 amide bonds. The number of aliphatic hydroxyl groups is 2. The van der Waals surface area contributed by atoms with Crippen LogP contribution in [0.15, 0.2) is 55.0 Å². The number of aliphatic hydroxyl groups excluding tert-OH is 2. The van der Waals surface area contributed by atoms with E-state index in [4.69, 9.17) is 5.10 Å². The minimum absolute atomic E-state index is 0.206. The second-order valence-electron chi connectivity index (χ2n) is 7.26. The predicted molar refractivity (Wildman–Crippen MR) is 107 cm³/mol. The van der Waals surface area contributed by atoms with Crippen LogP contribution in [0.4, 0.5) is 5.82 Å². The Hall–Kier alpha value is -3.03. The van der Waals surface area contributed by atoms with Crippen molar-refractivity contribution >= 4 is 22.2 Å². The van der Waals surface area contributed by atoms with E-state index in [1.165, 1.54) is 0 Å². The number of nitrogens with zero attached hydrogens (tertiary/aromatic N) is 4. The highest BCUT2D eigenvalue weighted by Gasteiger charge is 2.39. The first-order chi connectivity index (χ1) is 13.6. The molecule has 141 valence electrons. The van der Waals surface area contributed by atoms with Crippen LogP contribution < -0.4 is 5.32 Å². The summed E-state index contributed by atoms with van der Waals surface area (Å²) in [5, 5.41) is 30.4. The molecule has 5 rings (SSSR count). The number of aromatic nitrogens is 4. The number of nitrogens with one attached hydrogen (secondary N) is 1. The zero-order valence-corrected chi connectivity index (χ0v) is 15.1. The van der Waals surface area contributed by atoms with Crippen molar-refractivity contribution in [2.24, 2.45) is 5.92 Å². The third-order valence-corrected chi connectivity index (χ3v) is 5.45. The van der Waals surface area contributed by atoms with Crippen molar-refractivity contribution in [1.29, 1.82) is 0 Å². The van der Waals surface area contributed by atoms with Crippen molar-refractivity contribution in [3.63, 3.8) is 0 Å². The maximum Gasteiger partial charge on any atom is 0.157 e. The molecule has 3 heterocycles. The Balaban J connectivity index is 1.56. The van der Waals surface area contributed by atoms with Gasteiger partial charge in [-0.3, -0.25) is 4.98 Å². The van der Waals surface area contributed by atoms with Crippen LogP contribution in [0.1, 0.15) is 6.42 Å². The summed E-state index contributed by atoms with van der Waals surface area (Å²) >= 11 is 0. The third kappa shape index (κ3) is 2.71. The first-order valence-corrected chi connectivity index (χ1v) is 9.25. The van der Waals surface area contributed by atoms with Crippen LogP contribution in [0.2, 0.25) is 0 Å². The quantitative estimate of drug-likeness (QED) is 0.509. The standard InChI is InChI=1S/C21H20N5O2/c1-12-9-17(21(28)20(12)27)24-18-6-8-23-19-10-16(25-26(18)19)15-4-2-3-13-11-22-7-5-14(13)15/h2-8,10-12,17,20-21,24,27-28H,1,9H2/t12-,17-,20-,21+/m1/s1. The molecule has 0 saturated heterocycles. The third-order valence-electron chi connectivity index (χ3n) is 5.45. The fraction of sp³-hybridized carbons (Fsp3) is 0.238. The van der Waals surface area contributed by atoms with Gasteiger partial charge in [-0.05, 0) is 36.8 Å². The molecule has 0 spiro atoms. The lowest BCUT2D eigenvalue weighted by molar-refractivity contribution is 0.0256. The fourth-order valence-electron chi connectivity index (χ4n) is 3.94. The van der Waals surface area contributed by atoms with Gasteiger partial charge < -0.3 is 15.5 Å². The lowest BCUT2D eigenvalue weighted by atomic mass is 10.0. The maximum atomic E-state index is 10.3. The molecule has 1 aromatic carbocycles. The van der Waals surface area contributed by atoms with Crippen molar-refractivity contribution in [2.45, 2.75) is 24.7 Å². The van der Waals surface area contributed by atoms with E-state index in [1.54, 1.807) is 16.9 Å². The molecular weight excluding hydrogens is 354 g/mol. The van der Waals surface area contributed by atoms with Gasteiger partial charge in [0.25, 0.3) is 0 Å². The number of benzene rings is 1. The predicted octanol–water partition coefficient (Wildman–Crippen LogP) is 2.30. The molecule has 4 aromatic rings. The highest BCUT2D eigenvalue weighted by atomic mass is 16.3. The molecule has 1 radical (unpaired) electrons. The molecular formula is C21H20N5O2. The molecule has 0 unspecified atom stereocenters. The van der Waals surface area contributed by atoms with Crippen molar-refractivity contribution in [3.05, 3.63) is 61.9 Å². The smallest absolute Gasteiger partial charge is 0.157 e. The Morgan fingerprint density at radius 2 is 2.00 bits per heavy atom. The van der Waals surface area contributed by atoms with E-state index in [2.05, 4.69) is 22.2 Å². The van der Waals surface area contributed by atoms with Crippen LogP contribution in [-0.2, 0) is 0 Å². The molecule has 1 fully saturated rings. The minimum atomic E-state index is -0.869. The van der Waals surface area contributed by atoms with Crippen molar-refractivity contribution < 1.29 is 10.2 Å². The average molecular weight is 374 g/mol. The van der Waals surface area contributed by atoms with Crippen LogP contribution in [0, 0.1) is 12.8 Å². The van der Waals surface area contributed by atoms with Crippen LogP contribution in [0.5, 0.6) is 0 Å². The number of anilines is 1. The van der Waals surface area contributed by atoms with Gasteiger partial charge in [-0.1, -0.05) is 18.2 Å². The SMILES string of the molecule is [CH2][C@@H]1C[C@@H](Nc2ccnc3cc(-c4cccc5cnccc45)nn23)[C@H](O)[C@@H]1O. The van der Waals surface area contributed by atoms with E-state index in [-0.39, 0.29) is 12.0 Å².